The SMILES string of the molecule is CC(=O)c1coc(C(=O)c2cncnc2N[C@@H]2C[C@H](CO)[C@@H](C)C2)c1. The first-order valence-corrected chi connectivity index (χ1v) is 8.31. The molecule has 1 aliphatic carbocycles. The molecule has 2 N–H and O–H groups in total. The monoisotopic (exact) mass is 343 g/mol. The van der Waals surface area contributed by atoms with E-state index >= 15 is 0 Å². The second-order valence-corrected chi connectivity index (χ2v) is 6.60. The fraction of sp³-hybridized carbons (Fsp3) is 0.444. The molecule has 0 aromatic carbocycles. The number of anilines is 1. The van der Waals surface area contributed by atoms with E-state index in [1.54, 1.807) is 0 Å². The lowest BCUT2D eigenvalue weighted by Crippen LogP contribution is -2.20. The topological polar surface area (TPSA) is 105 Å². The van der Waals surface area contributed by atoms with Crippen LogP contribution in [0.25, 0.3) is 0 Å². The number of hydrogen-bond donors (Lipinski definition) is 2. The van der Waals surface area contributed by atoms with Crippen LogP contribution in [0.1, 0.15) is 53.2 Å². The highest BCUT2D eigenvalue weighted by Gasteiger charge is 2.31. The summed E-state index contributed by atoms with van der Waals surface area (Å²) in [5.41, 5.74) is 0.650. The van der Waals surface area contributed by atoms with Crippen molar-refractivity contribution >= 4 is 17.4 Å². The molecule has 0 amide bonds. The van der Waals surface area contributed by atoms with Crippen LogP contribution in [0.15, 0.2) is 29.3 Å². The third-order valence-electron chi connectivity index (χ3n) is 4.81. The Kier molecular flexibility index (Phi) is 4.94. The molecule has 0 aliphatic heterocycles. The van der Waals surface area contributed by atoms with Crippen LogP contribution in [-0.2, 0) is 0 Å². The standard InChI is InChI=1S/C18H21N3O4/c1-10-3-14(4-12(10)7-22)21-18-15(6-19-9-20-18)17(24)16-5-13(8-25-16)11(2)23/h5-6,8-10,12,14,22H,3-4,7H2,1-2H3,(H,19,20,21)/t10-,12+,14-/m0/s1. The van der Waals surface area contributed by atoms with Crippen molar-refractivity contribution in [3.63, 3.8) is 0 Å². The van der Waals surface area contributed by atoms with Gasteiger partial charge in [0.2, 0.25) is 5.78 Å². The van der Waals surface area contributed by atoms with E-state index in [1.165, 1.54) is 31.8 Å². The molecule has 1 fully saturated rings. The van der Waals surface area contributed by atoms with Crippen LogP contribution in [-0.4, -0.2) is 39.3 Å². The van der Waals surface area contributed by atoms with Gasteiger partial charge in [0.05, 0.1) is 11.1 Å². The van der Waals surface area contributed by atoms with Gasteiger partial charge in [-0.1, -0.05) is 6.92 Å². The van der Waals surface area contributed by atoms with Crippen molar-refractivity contribution in [3.05, 3.63) is 41.7 Å². The van der Waals surface area contributed by atoms with Gasteiger partial charge in [-0.25, -0.2) is 9.97 Å². The summed E-state index contributed by atoms with van der Waals surface area (Å²) in [6.07, 6.45) is 5.82. The molecule has 0 unspecified atom stereocenters. The third-order valence-corrected chi connectivity index (χ3v) is 4.81. The summed E-state index contributed by atoms with van der Waals surface area (Å²) < 4.78 is 5.23. The summed E-state index contributed by atoms with van der Waals surface area (Å²) in [4.78, 5) is 32.2. The molecule has 3 atom stereocenters. The first kappa shape index (κ1) is 17.3. The van der Waals surface area contributed by atoms with Gasteiger partial charge < -0.3 is 14.8 Å². The van der Waals surface area contributed by atoms with Gasteiger partial charge in [0.15, 0.2) is 11.5 Å². The quantitative estimate of drug-likeness (QED) is 0.775. The zero-order chi connectivity index (χ0) is 18.0. The molecule has 2 heterocycles. The molecule has 1 saturated carbocycles. The van der Waals surface area contributed by atoms with Crippen molar-refractivity contribution in [1.29, 1.82) is 0 Å². The molecule has 0 radical (unpaired) electrons. The van der Waals surface area contributed by atoms with Crippen LogP contribution >= 0.6 is 0 Å². The minimum Gasteiger partial charge on any atom is -0.460 e. The second-order valence-electron chi connectivity index (χ2n) is 6.60. The number of Topliss-reactive ketones (excluding diaryl/α,β-unsaturated/α-hetero) is 1. The summed E-state index contributed by atoms with van der Waals surface area (Å²) >= 11 is 0. The number of ketones is 2. The molecule has 2 aromatic heterocycles. The number of aliphatic hydroxyl groups is 1. The zero-order valence-corrected chi connectivity index (χ0v) is 14.2. The maximum Gasteiger partial charge on any atom is 0.233 e. The number of aliphatic hydroxyl groups excluding tert-OH is 1. The molecule has 0 spiro atoms. The Labute approximate surface area is 145 Å². The Hall–Kier alpha value is -2.54. The molecule has 3 rings (SSSR count). The van der Waals surface area contributed by atoms with Crippen LogP contribution in [0, 0.1) is 11.8 Å². The number of carbonyl (C=O) groups excluding carboxylic acids is 2. The summed E-state index contributed by atoms with van der Waals surface area (Å²) in [6.45, 7) is 3.69. The van der Waals surface area contributed by atoms with Crippen LogP contribution in [0.3, 0.4) is 0 Å². The average molecular weight is 343 g/mol. The molecule has 25 heavy (non-hydrogen) atoms. The number of carbonyl (C=O) groups is 2. The smallest absolute Gasteiger partial charge is 0.233 e. The van der Waals surface area contributed by atoms with Gasteiger partial charge in [0, 0.05) is 18.8 Å². The lowest BCUT2D eigenvalue weighted by molar-refractivity contribution is 0.100. The highest BCUT2D eigenvalue weighted by molar-refractivity contribution is 6.11. The highest BCUT2D eigenvalue weighted by atomic mass is 16.3. The minimum absolute atomic E-state index is 0.0797. The molecule has 1 aliphatic rings. The van der Waals surface area contributed by atoms with Gasteiger partial charge in [-0.05, 0) is 37.7 Å². The van der Waals surface area contributed by atoms with E-state index in [0.29, 0.717) is 22.9 Å². The van der Waals surface area contributed by atoms with Crippen molar-refractivity contribution < 1.29 is 19.1 Å². The number of rotatable bonds is 6. The Balaban J connectivity index is 1.81. The van der Waals surface area contributed by atoms with Gasteiger partial charge in [0.1, 0.15) is 18.4 Å². The van der Waals surface area contributed by atoms with Crippen LogP contribution in [0.5, 0.6) is 0 Å². The van der Waals surface area contributed by atoms with Gasteiger partial charge in [-0.3, -0.25) is 9.59 Å². The number of hydrogen-bond acceptors (Lipinski definition) is 7. The summed E-state index contributed by atoms with van der Waals surface area (Å²) in [5, 5.41) is 12.7. The van der Waals surface area contributed by atoms with Crippen LogP contribution < -0.4 is 5.32 Å². The lowest BCUT2D eigenvalue weighted by atomic mass is 10.00. The van der Waals surface area contributed by atoms with Crippen molar-refractivity contribution in [1.82, 2.24) is 9.97 Å². The predicted octanol–water partition coefficient (Wildman–Crippen LogP) is 2.32. The van der Waals surface area contributed by atoms with Crippen molar-refractivity contribution in [3.8, 4) is 0 Å². The van der Waals surface area contributed by atoms with Crippen LogP contribution in [0.2, 0.25) is 0 Å². The third kappa shape index (κ3) is 3.61. The first-order chi connectivity index (χ1) is 12.0. The molecule has 132 valence electrons. The van der Waals surface area contributed by atoms with E-state index in [9.17, 15) is 14.7 Å². The fourth-order valence-electron chi connectivity index (χ4n) is 3.28. The normalized spacial score (nSPS) is 22.8. The molecule has 7 heteroatoms. The maximum absolute atomic E-state index is 12.7. The molecular weight excluding hydrogens is 322 g/mol. The molecular formula is C18H21N3O4. The summed E-state index contributed by atoms with van der Waals surface area (Å²) in [5.74, 6) is 0.641. The van der Waals surface area contributed by atoms with Gasteiger partial charge in [-0.15, -0.1) is 0 Å². The molecule has 7 nitrogen and oxygen atoms in total. The van der Waals surface area contributed by atoms with E-state index in [4.69, 9.17) is 4.42 Å². The summed E-state index contributed by atoms with van der Waals surface area (Å²) in [6, 6.07) is 1.57. The Morgan fingerprint density at radius 2 is 2.20 bits per heavy atom. The predicted molar refractivity (Wildman–Crippen MR) is 90.6 cm³/mol. The average Bonchev–Trinajstić information content (AvgIpc) is 3.21. The first-order valence-electron chi connectivity index (χ1n) is 8.31. The largest absolute Gasteiger partial charge is 0.460 e. The number of nitrogens with one attached hydrogen (secondary N) is 1. The Morgan fingerprint density at radius 3 is 2.84 bits per heavy atom. The highest BCUT2D eigenvalue weighted by Crippen LogP contribution is 2.33. The Bertz CT molecular complexity index is 786. The van der Waals surface area contributed by atoms with Crippen molar-refractivity contribution in [2.24, 2.45) is 11.8 Å². The van der Waals surface area contributed by atoms with Crippen molar-refractivity contribution in [2.45, 2.75) is 32.7 Å². The zero-order valence-electron chi connectivity index (χ0n) is 14.2. The van der Waals surface area contributed by atoms with E-state index < -0.39 is 0 Å². The van der Waals surface area contributed by atoms with E-state index in [1.807, 2.05) is 0 Å². The van der Waals surface area contributed by atoms with Gasteiger partial charge in [-0.2, -0.15) is 0 Å². The van der Waals surface area contributed by atoms with E-state index in [2.05, 4.69) is 22.2 Å². The molecule has 0 saturated heterocycles. The van der Waals surface area contributed by atoms with Crippen LogP contribution in [0.4, 0.5) is 5.82 Å². The number of furan rings is 1. The summed E-state index contributed by atoms with van der Waals surface area (Å²) in [7, 11) is 0. The Morgan fingerprint density at radius 1 is 1.40 bits per heavy atom. The fourth-order valence-corrected chi connectivity index (χ4v) is 3.28. The minimum atomic E-state index is -0.375. The van der Waals surface area contributed by atoms with Crippen molar-refractivity contribution in [2.75, 3.05) is 11.9 Å². The molecule has 0 bridgehead atoms. The maximum atomic E-state index is 12.7. The number of aromatic nitrogens is 2. The van der Waals surface area contributed by atoms with Gasteiger partial charge in [0.25, 0.3) is 0 Å². The van der Waals surface area contributed by atoms with E-state index in [0.717, 1.165) is 12.8 Å². The lowest BCUT2D eigenvalue weighted by Gasteiger charge is -2.15. The van der Waals surface area contributed by atoms with E-state index in [-0.39, 0.29) is 35.9 Å². The van der Waals surface area contributed by atoms with Gasteiger partial charge >= 0.3 is 0 Å². The number of nitrogens with zero attached hydrogens (tertiary/aromatic N) is 2. The second kappa shape index (κ2) is 7.14. The molecule has 2 aromatic rings.